The number of hydrogen-bond donors (Lipinski definition) is 3. The van der Waals surface area contributed by atoms with Crippen LogP contribution in [0.15, 0.2) is 24.3 Å². The van der Waals surface area contributed by atoms with E-state index in [4.69, 9.17) is 10.8 Å². The SMILES string of the molecule is CC(N)c1ccc(C(O)CO)cc1. The Hall–Kier alpha value is -0.900. The van der Waals surface area contributed by atoms with E-state index >= 15 is 0 Å². The second kappa shape index (κ2) is 4.37. The third kappa shape index (κ3) is 2.52. The summed E-state index contributed by atoms with van der Waals surface area (Å²) in [5.41, 5.74) is 7.40. The Bertz CT molecular complexity index is 256. The van der Waals surface area contributed by atoms with Crippen molar-refractivity contribution < 1.29 is 10.2 Å². The normalized spacial score (nSPS) is 15.4. The fourth-order valence-electron chi connectivity index (χ4n) is 1.13. The van der Waals surface area contributed by atoms with Crippen molar-refractivity contribution in [1.82, 2.24) is 0 Å². The van der Waals surface area contributed by atoms with E-state index < -0.39 is 6.10 Å². The average Bonchev–Trinajstić information content (AvgIpc) is 2.17. The van der Waals surface area contributed by atoms with E-state index in [0.717, 1.165) is 5.56 Å². The van der Waals surface area contributed by atoms with E-state index in [9.17, 15) is 5.11 Å². The summed E-state index contributed by atoms with van der Waals surface area (Å²) in [7, 11) is 0. The van der Waals surface area contributed by atoms with Crippen molar-refractivity contribution in [2.75, 3.05) is 6.61 Å². The molecule has 2 atom stereocenters. The minimum atomic E-state index is -0.790. The molecule has 0 bridgehead atoms. The highest BCUT2D eigenvalue weighted by atomic mass is 16.3. The third-order valence-electron chi connectivity index (χ3n) is 2.02. The van der Waals surface area contributed by atoms with Crippen LogP contribution in [0.2, 0.25) is 0 Å². The summed E-state index contributed by atoms with van der Waals surface area (Å²) in [4.78, 5) is 0. The maximum Gasteiger partial charge on any atom is 0.102 e. The van der Waals surface area contributed by atoms with Crippen LogP contribution < -0.4 is 5.73 Å². The molecule has 3 heteroatoms. The molecule has 0 aliphatic heterocycles. The first-order valence-corrected chi connectivity index (χ1v) is 4.29. The number of hydrogen-bond acceptors (Lipinski definition) is 3. The lowest BCUT2D eigenvalue weighted by Gasteiger charge is -2.09. The number of nitrogens with two attached hydrogens (primary N) is 1. The molecule has 0 amide bonds. The van der Waals surface area contributed by atoms with Crippen LogP contribution in [-0.4, -0.2) is 16.8 Å². The predicted molar refractivity (Wildman–Crippen MR) is 51.1 cm³/mol. The van der Waals surface area contributed by atoms with Crippen molar-refractivity contribution in [3.63, 3.8) is 0 Å². The summed E-state index contributed by atoms with van der Waals surface area (Å²) < 4.78 is 0. The fraction of sp³-hybridized carbons (Fsp3) is 0.400. The molecule has 2 unspecified atom stereocenters. The lowest BCUT2D eigenvalue weighted by molar-refractivity contribution is 0.0956. The van der Waals surface area contributed by atoms with E-state index in [1.807, 2.05) is 19.1 Å². The third-order valence-corrected chi connectivity index (χ3v) is 2.02. The molecule has 0 aromatic heterocycles. The van der Waals surface area contributed by atoms with Crippen LogP contribution >= 0.6 is 0 Å². The summed E-state index contributed by atoms with van der Waals surface area (Å²) in [5.74, 6) is 0. The molecule has 0 spiro atoms. The Morgan fingerprint density at radius 2 is 1.69 bits per heavy atom. The van der Waals surface area contributed by atoms with Crippen molar-refractivity contribution >= 4 is 0 Å². The maximum absolute atomic E-state index is 9.28. The molecular formula is C10H15NO2. The Morgan fingerprint density at radius 1 is 1.23 bits per heavy atom. The molecule has 0 aliphatic carbocycles. The Labute approximate surface area is 77.8 Å². The van der Waals surface area contributed by atoms with E-state index in [2.05, 4.69) is 0 Å². The molecule has 3 nitrogen and oxygen atoms in total. The number of benzene rings is 1. The van der Waals surface area contributed by atoms with Gasteiger partial charge in [-0.2, -0.15) is 0 Å². The van der Waals surface area contributed by atoms with Gasteiger partial charge in [-0.15, -0.1) is 0 Å². The number of aliphatic hydroxyl groups excluding tert-OH is 2. The lowest BCUT2D eigenvalue weighted by atomic mass is 10.0. The minimum Gasteiger partial charge on any atom is -0.393 e. The molecule has 1 rings (SSSR count). The van der Waals surface area contributed by atoms with Crippen molar-refractivity contribution in [1.29, 1.82) is 0 Å². The zero-order valence-electron chi connectivity index (χ0n) is 7.64. The summed E-state index contributed by atoms with van der Waals surface area (Å²) in [5, 5.41) is 18.0. The standard InChI is InChI=1S/C10H15NO2/c1-7(11)8-2-4-9(5-3-8)10(13)6-12/h2-5,7,10,12-13H,6,11H2,1H3. The van der Waals surface area contributed by atoms with Gasteiger partial charge in [0.25, 0.3) is 0 Å². The smallest absolute Gasteiger partial charge is 0.102 e. The molecule has 13 heavy (non-hydrogen) atoms. The summed E-state index contributed by atoms with van der Waals surface area (Å²) in [6, 6.07) is 7.28. The van der Waals surface area contributed by atoms with Gasteiger partial charge in [0.15, 0.2) is 0 Å². The first-order chi connectivity index (χ1) is 6.15. The van der Waals surface area contributed by atoms with E-state index in [1.54, 1.807) is 12.1 Å². The topological polar surface area (TPSA) is 66.5 Å². The van der Waals surface area contributed by atoms with Crippen molar-refractivity contribution in [3.05, 3.63) is 35.4 Å². The molecule has 0 saturated carbocycles. The van der Waals surface area contributed by atoms with Gasteiger partial charge in [-0.25, -0.2) is 0 Å². The molecule has 0 heterocycles. The highest BCUT2D eigenvalue weighted by molar-refractivity contribution is 5.25. The molecule has 1 aromatic rings. The van der Waals surface area contributed by atoms with Crippen LogP contribution in [0.4, 0.5) is 0 Å². The zero-order valence-corrected chi connectivity index (χ0v) is 7.64. The van der Waals surface area contributed by atoms with Gasteiger partial charge in [-0.05, 0) is 18.1 Å². The van der Waals surface area contributed by atoms with E-state index in [0.29, 0.717) is 5.56 Å². The molecule has 0 saturated heterocycles. The van der Waals surface area contributed by atoms with Gasteiger partial charge in [0, 0.05) is 6.04 Å². The Kier molecular flexibility index (Phi) is 3.42. The Morgan fingerprint density at radius 3 is 2.08 bits per heavy atom. The van der Waals surface area contributed by atoms with Crippen molar-refractivity contribution in [2.24, 2.45) is 5.73 Å². The van der Waals surface area contributed by atoms with Gasteiger partial charge in [0.1, 0.15) is 6.10 Å². The fourth-order valence-corrected chi connectivity index (χ4v) is 1.13. The first-order valence-electron chi connectivity index (χ1n) is 4.29. The highest BCUT2D eigenvalue weighted by Crippen LogP contribution is 2.15. The van der Waals surface area contributed by atoms with Crippen LogP contribution in [0.25, 0.3) is 0 Å². The van der Waals surface area contributed by atoms with Crippen LogP contribution in [0.3, 0.4) is 0 Å². The van der Waals surface area contributed by atoms with Crippen LogP contribution in [0.1, 0.15) is 30.2 Å². The molecule has 72 valence electrons. The van der Waals surface area contributed by atoms with E-state index in [-0.39, 0.29) is 12.6 Å². The van der Waals surface area contributed by atoms with Crippen molar-refractivity contribution in [2.45, 2.75) is 19.1 Å². The van der Waals surface area contributed by atoms with Gasteiger partial charge >= 0.3 is 0 Å². The summed E-state index contributed by atoms with van der Waals surface area (Å²) in [6.07, 6.45) is -0.790. The number of rotatable bonds is 3. The average molecular weight is 181 g/mol. The van der Waals surface area contributed by atoms with Gasteiger partial charge in [0.2, 0.25) is 0 Å². The van der Waals surface area contributed by atoms with Gasteiger partial charge < -0.3 is 15.9 Å². The zero-order chi connectivity index (χ0) is 9.84. The van der Waals surface area contributed by atoms with Crippen LogP contribution in [0.5, 0.6) is 0 Å². The van der Waals surface area contributed by atoms with Crippen LogP contribution in [0, 0.1) is 0 Å². The van der Waals surface area contributed by atoms with Gasteiger partial charge in [-0.3, -0.25) is 0 Å². The van der Waals surface area contributed by atoms with Crippen LogP contribution in [-0.2, 0) is 0 Å². The monoisotopic (exact) mass is 181 g/mol. The number of aliphatic hydroxyl groups is 2. The maximum atomic E-state index is 9.28. The quantitative estimate of drug-likeness (QED) is 0.644. The molecule has 1 aromatic carbocycles. The summed E-state index contributed by atoms with van der Waals surface area (Å²) in [6.45, 7) is 1.65. The highest BCUT2D eigenvalue weighted by Gasteiger charge is 2.05. The largest absolute Gasteiger partial charge is 0.393 e. The molecular weight excluding hydrogens is 166 g/mol. The van der Waals surface area contributed by atoms with Gasteiger partial charge in [0.05, 0.1) is 6.61 Å². The predicted octanol–water partition coefficient (Wildman–Crippen LogP) is 0.732. The Balaban J connectivity index is 2.81. The first kappa shape index (κ1) is 10.2. The second-order valence-electron chi connectivity index (χ2n) is 3.15. The molecule has 0 radical (unpaired) electrons. The summed E-state index contributed by atoms with van der Waals surface area (Å²) >= 11 is 0. The van der Waals surface area contributed by atoms with Gasteiger partial charge in [-0.1, -0.05) is 24.3 Å². The molecule has 0 fully saturated rings. The lowest BCUT2D eigenvalue weighted by Crippen LogP contribution is -2.06. The molecule has 4 N–H and O–H groups in total. The minimum absolute atomic E-state index is 0.000296. The molecule has 0 aliphatic rings. The van der Waals surface area contributed by atoms with Crippen molar-refractivity contribution in [3.8, 4) is 0 Å². The van der Waals surface area contributed by atoms with E-state index in [1.165, 1.54) is 0 Å². The second-order valence-corrected chi connectivity index (χ2v) is 3.15.